The molecule has 2 rings (SSSR count). The Hall–Kier alpha value is -2.04. The van der Waals surface area contributed by atoms with Crippen LogP contribution >= 0.6 is 0 Å². The summed E-state index contributed by atoms with van der Waals surface area (Å²) in [7, 11) is 1.63. The number of carbonyl (C=O) groups excluding carboxylic acids is 2. The number of rotatable bonds is 5. The molecule has 5 heteroatoms. The van der Waals surface area contributed by atoms with E-state index in [1.807, 2.05) is 28.9 Å². The highest BCUT2D eigenvalue weighted by Gasteiger charge is 2.24. The molecule has 1 fully saturated rings. The summed E-state index contributed by atoms with van der Waals surface area (Å²) in [5.41, 5.74) is 2.14. The molecule has 0 aromatic heterocycles. The predicted molar refractivity (Wildman–Crippen MR) is 94.2 cm³/mol. The van der Waals surface area contributed by atoms with Gasteiger partial charge in [0, 0.05) is 38.2 Å². The Balaban J connectivity index is 2.02. The number of amides is 2. The van der Waals surface area contributed by atoms with Gasteiger partial charge >= 0.3 is 0 Å². The summed E-state index contributed by atoms with van der Waals surface area (Å²) in [5, 5.41) is 0. The lowest BCUT2D eigenvalue weighted by atomic mass is 9.98. The van der Waals surface area contributed by atoms with E-state index in [4.69, 9.17) is 4.74 Å². The zero-order valence-corrected chi connectivity index (χ0v) is 15.2. The van der Waals surface area contributed by atoms with Crippen molar-refractivity contribution in [2.75, 3.05) is 33.3 Å². The molecule has 0 spiro atoms. The molecule has 1 heterocycles. The molecule has 0 atom stereocenters. The molecule has 1 aliphatic heterocycles. The van der Waals surface area contributed by atoms with Crippen LogP contribution < -0.4 is 4.74 Å². The lowest BCUT2D eigenvalue weighted by molar-refractivity contribution is -0.139. The fraction of sp³-hybridized carbons (Fsp3) is 0.579. The number of piperazine rings is 1. The van der Waals surface area contributed by atoms with Crippen molar-refractivity contribution in [3.63, 3.8) is 0 Å². The maximum Gasteiger partial charge on any atom is 0.227 e. The molecule has 24 heavy (non-hydrogen) atoms. The van der Waals surface area contributed by atoms with Crippen LogP contribution in [0.5, 0.6) is 5.75 Å². The zero-order valence-electron chi connectivity index (χ0n) is 15.2. The fourth-order valence-electron chi connectivity index (χ4n) is 3.00. The van der Waals surface area contributed by atoms with Crippen LogP contribution in [0.1, 0.15) is 44.2 Å². The first-order valence-electron chi connectivity index (χ1n) is 8.68. The second-order valence-electron chi connectivity index (χ2n) is 6.52. The van der Waals surface area contributed by atoms with E-state index in [9.17, 15) is 9.59 Å². The highest BCUT2D eigenvalue weighted by atomic mass is 16.5. The summed E-state index contributed by atoms with van der Waals surface area (Å²) >= 11 is 0. The lowest BCUT2D eigenvalue weighted by Gasteiger charge is -2.34. The van der Waals surface area contributed by atoms with Gasteiger partial charge in [-0.3, -0.25) is 9.59 Å². The van der Waals surface area contributed by atoms with Crippen LogP contribution in [-0.2, 0) is 16.0 Å². The van der Waals surface area contributed by atoms with Crippen molar-refractivity contribution in [2.45, 2.75) is 39.5 Å². The van der Waals surface area contributed by atoms with Gasteiger partial charge in [0.15, 0.2) is 0 Å². The van der Waals surface area contributed by atoms with E-state index in [1.165, 1.54) is 5.56 Å². The van der Waals surface area contributed by atoms with Crippen LogP contribution in [0, 0.1) is 0 Å². The Kier molecular flexibility index (Phi) is 6.23. The Bertz CT molecular complexity index is 590. The topological polar surface area (TPSA) is 49.9 Å². The summed E-state index contributed by atoms with van der Waals surface area (Å²) in [4.78, 5) is 28.0. The molecule has 1 saturated heterocycles. The minimum atomic E-state index is 0.0952. The first-order chi connectivity index (χ1) is 11.5. The van der Waals surface area contributed by atoms with Crippen molar-refractivity contribution in [1.29, 1.82) is 0 Å². The third-order valence-electron chi connectivity index (χ3n) is 4.60. The fourth-order valence-corrected chi connectivity index (χ4v) is 3.00. The Morgan fingerprint density at radius 2 is 1.67 bits per heavy atom. The molecule has 0 N–H and O–H groups in total. The predicted octanol–water partition coefficient (Wildman–Crippen LogP) is 2.44. The van der Waals surface area contributed by atoms with Crippen LogP contribution in [0.15, 0.2) is 18.2 Å². The van der Waals surface area contributed by atoms with E-state index in [-0.39, 0.29) is 11.8 Å². The van der Waals surface area contributed by atoms with Crippen LogP contribution in [-0.4, -0.2) is 54.9 Å². The van der Waals surface area contributed by atoms with Crippen molar-refractivity contribution in [1.82, 2.24) is 9.80 Å². The monoisotopic (exact) mass is 332 g/mol. The molecule has 0 aliphatic carbocycles. The number of ether oxygens (including phenoxy) is 1. The second-order valence-corrected chi connectivity index (χ2v) is 6.52. The first kappa shape index (κ1) is 18.3. The molecule has 1 aromatic carbocycles. The van der Waals surface area contributed by atoms with Gasteiger partial charge < -0.3 is 14.5 Å². The number of carbonyl (C=O) groups is 2. The van der Waals surface area contributed by atoms with Crippen molar-refractivity contribution < 1.29 is 14.3 Å². The van der Waals surface area contributed by atoms with E-state index in [2.05, 4.69) is 19.9 Å². The van der Waals surface area contributed by atoms with Gasteiger partial charge in [-0.2, -0.15) is 0 Å². The van der Waals surface area contributed by atoms with Gasteiger partial charge in [0.25, 0.3) is 0 Å². The highest BCUT2D eigenvalue weighted by Crippen LogP contribution is 2.25. The normalized spacial score (nSPS) is 14.9. The smallest absolute Gasteiger partial charge is 0.227 e. The van der Waals surface area contributed by atoms with Crippen molar-refractivity contribution >= 4 is 11.8 Å². The van der Waals surface area contributed by atoms with E-state index in [0.717, 1.165) is 11.3 Å². The molecule has 0 bridgehead atoms. The molecule has 1 aromatic rings. The molecule has 132 valence electrons. The number of hydrogen-bond acceptors (Lipinski definition) is 3. The standard InChI is InChI=1S/C19H28N2O3/c1-5-18(22)20-8-10-21(11-9-20)19(23)13-16-12-15(14(2)3)6-7-17(16)24-4/h6-7,12,14H,5,8-11,13H2,1-4H3. The minimum absolute atomic E-state index is 0.0952. The zero-order chi connectivity index (χ0) is 17.7. The average molecular weight is 332 g/mol. The first-order valence-corrected chi connectivity index (χ1v) is 8.68. The molecular formula is C19H28N2O3. The summed E-state index contributed by atoms with van der Waals surface area (Å²) in [6.45, 7) is 8.61. The van der Waals surface area contributed by atoms with Crippen molar-refractivity contribution in [3.05, 3.63) is 29.3 Å². The molecular weight excluding hydrogens is 304 g/mol. The molecule has 0 saturated carbocycles. The molecule has 5 nitrogen and oxygen atoms in total. The van der Waals surface area contributed by atoms with Crippen LogP contribution in [0.4, 0.5) is 0 Å². The van der Waals surface area contributed by atoms with Crippen LogP contribution in [0.2, 0.25) is 0 Å². The van der Waals surface area contributed by atoms with Gasteiger partial charge in [-0.25, -0.2) is 0 Å². The molecule has 2 amide bonds. The summed E-state index contributed by atoms with van der Waals surface area (Å²) in [5.74, 6) is 1.42. The number of methoxy groups -OCH3 is 1. The third-order valence-corrected chi connectivity index (χ3v) is 4.60. The van der Waals surface area contributed by atoms with E-state index in [0.29, 0.717) is 44.9 Å². The van der Waals surface area contributed by atoms with Crippen molar-refractivity contribution in [2.24, 2.45) is 0 Å². The maximum atomic E-state index is 12.6. The van der Waals surface area contributed by atoms with Gasteiger partial charge in [0.2, 0.25) is 11.8 Å². The number of nitrogens with zero attached hydrogens (tertiary/aromatic N) is 2. The van der Waals surface area contributed by atoms with Crippen LogP contribution in [0.25, 0.3) is 0 Å². The van der Waals surface area contributed by atoms with E-state index < -0.39 is 0 Å². The van der Waals surface area contributed by atoms with Gasteiger partial charge in [0.1, 0.15) is 5.75 Å². The third kappa shape index (κ3) is 4.28. The van der Waals surface area contributed by atoms with E-state index in [1.54, 1.807) is 7.11 Å². The van der Waals surface area contributed by atoms with Gasteiger partial charge in [0.05, 0.1) is 13.5 Å². The summed E-state index contributed by atoms with van der Waals surface area (Å²) in [6, 6.07) is 6.06. The van der Waals surface area contributed by atoms with Gasteiger partial charge in [-0.1, -0.05) is 32.9 Å². The maximum absolute atomic E-state index is 12.6. The van der Waals surface area contributed by atoms with Crippen LogP contribution in [0.3, 0.4) is 0 Å². The molecule has 0 radical (unpaired) electrons. The quantitative estimate of drug-likeness (QED) is 0.832. The van der Waals surface area contributed by atoms with Gasteiger partial charge in [-0.15, -0.1) is 0 Å². The Morgan fingerprint density at radius 3 is 2.17 bits per heavy atom. The number of hydrogen-bond donors (Lipinski definition) is 0. The highest BCUT2D eigenvalue weighted by molar-refractivity contribution is 5.80. The summed E-state index contributed by atoms with van der Waals surface area (Å²) in [6.07, 6.45) is 0.860. The largest absolute Gasteiger partial charge is 0.496 e. The Labute approximate surface area is 144 Å². The molecule has 0 unspecified atom stereocenters. The molecule has 1 aliphatic rings. The van der Waals surface area contributed by atoms with Crippen molar-refractivity contribution in [3.8, 4) is 5.75 Å². The number of benzene rings is 1. The Morgan fingerprint density at radius 1 is 1.08 bits per heavy atom. The second kappa shape index (κ2) is 8.18. The minimum Gasteiger partial charge on any atom is -0.496 e. The summed E-state index contributed by atoms with van der Waals surface area (Å²) < 4.78 is 5.41. The van der Waals surface area contributed by atoms with Gasteiger partial charge in [-0.05, 0) is 17.5 Å². The SMILES string of the molecule is CCC(=O)N1CCN(C(=O)Cc2cc(C(C)C)ccc2OC)CC1. The average Bonchev–Trinajstić information content (AvgIpc) is 2.60. The van der Waals surface area contributed by atoms with E-state index >= 15 is 0 Å². The lowest BCUT2D eigenvalue weighted by Crippen LogP contribution is -2.50.